The molecule has 1 N–H and O–H groups in total. The van der Waals surface area contributed by atoms with Gasteiger partial charge in [-0.1, -0.05) is 45.4 Å². The van der Waals surface area contributed by atoms with E-state index in [9.17, 15) is 14.4 Å². The average Bonchev–Trinajstić information content (AvgIpc) is 2.98. The third-order valence-electron chi connectivity index (χ3n) is 7.86. The van der Waals surface area contributed by atoms with Gasteiger partial charge in [0.25, 0.3) is 0 Å². The van der Waals surface area contributed by atoms with Gasteiger partial charge in [-0.25, -0.2) is 4.79 Å². The largest absolute Gasteiger partial charge is 0.493 e. The molecule has 1 saturated heterocycles. The van der Waals surface area contributed by atoms with Crippen LogP contribution in [-0.4, -0.2) is 67.7 Å². The number of nitrogens with zero attached hydrogens (tertiary/aromatic N) is 1. The molecule has 1 heterocycles. The van der Waals surface area contributed by atoms with Gasteiger partial charge in [0.1, 0.15) is 17.9 Å². The standard InChI is InChI=1S/C32H43NO8/c1-6-32(2,3)29(34)20-33-17-8-7-12-25(33)31(37)41-26(23-10-9-11-24(19-23)40-21-30(35)36)15-13-22-14-16-27(38-4)28(18-22)39-5/h9-11,14,16,18-19,25-26H,6-8,12-13,15,17,20-21H2,1-5H3,(H,35,36)/t25-,26?/m0/s1. The summed E-state index contributed by atoms with van der Waals surface area (Å²) < 4.78 is 22.4. The molecule has 2 atom stereocenters. The molecule has 41 heavy (non-hydrogen) atoms. The average molecular weight is 570 g/mol. The molecule has 0 aliphatic carbocycles. The van der Waals surface area contributed by atoms with Crippen LogP contribution in [0.15, 0.2) is 42.5 Å². The maximum absolute atomic E-state index is 13.7. The highest BCUT2D eigenvalue weighted by Crippen LogP contribution is 2.32. The Morgan fingerprint density at radius 3 is 2.49 bits per heavy atom. The van der Waals surface area contributed by atoms with E-state index in [-0.39, 0.29) is 18.3 Å². The smallest absolute Gasteiger partial charge is 0.341 e. The summed E-state index contributed by atoms with van der Waals surface area (Å²) in [4.78, 5) is 39.7. The lowest BCUT2D eigenvalue weighted by Crippen LogP contribution is -2.49. The van der Waals surface area contributed by atoms with E-state index in [4.69, 9.17) is 24.1 Å². The Labute approximate surface area is 242 Å². The van der Waals surface area contributed by atoms with E-state index < -0.39 is 30.1 Å². The molecule has 224 valence electrons. The second-order valence-electron chi connectivity index (χ2n) is 11.1. The predicted molar refractivity (Wildman–Crippen MR) is 155 cm³/mol. The molecule has 1 aliphatic rings. The van der Waals surface area contributed by atoms with E-state index in [1.54, 1.807) is 32.4 Å². The summed E-state index contributed by atoms with van der Waals surface area (Å²) in [5, 5.41) is 9.02. The Bertz CT molecular complexity index is 1190. The number of carboxylic acid groups (broad SMARTS) is 1. The minimum Gasteiger partial charge on any atom is -0.493 e. The summed E-state index contributed by atoms with van der Waals surface area (Å²) in [5.74, 6) is 0.295. The molecule has 9 heteroatoms. The zero-order valence-corrected chi connectivity index (χ0v) is 24.8. The number of esters is 1. The molecule has 2 aromatic rings. The number of carbonyl (C=O) groups excluding carboxylic acids is 2. The van der Waals surface area contributed by atoms with E-state index in [1.807, 2.05) is 49.9 Å². The lowest BCUT2D eigenvalue weighted by Gasteiger charge is -2.36. The molecule has 0 amide bonds. The van der Waals surface area contributed by atoms with Crippen LogP contribution in [0.3, 0.4) is 0 Å². The number of hydrogen-bond acceptors (Lipinski definition) is 8. The zero-order chi connectivity index (χ0) is 30.0. The van der Waals surface area contributed by atoms with Gasteiger partial charge in [-0.15, -0.1) is 0 Å². The number of methoxy groups -OCH3 is 2. The number of ether oxygens (including phenoxy) is 4. The molecule has 1 unspecified atom stereocenters. The van der Waals surface area contributed by atoms with Crippen LogP contribution in [0.1, 0.15) is 70.1 Å². The van der Waals surface area contributed by atoms with E-state index in [0.29, 0.717) is 48.6 Å². The Hall–Kier alpha value is -3.59. The molecule has 0 aromatic heterocycles. The zero-order valence-electron chi connectivity index (χ0n) is 24.8. The highest BCUT2D eigenvalue weighted by molar-refractivity contribution is 5.86. The fraction of sp³-hybridized carbons (Fsp3) is 0.531. The minimum atomic E-state index is -1.08. The number of rotatable bonds is 15. The normalized spacial score (nSPS) is 16.5. The molecule has 0 bridgehead atoms. The van der Waals surface area contributed by atoms with Crippen molar-refractivity contribution in [3.05, 3.63) is 53.6 Å². The van der Waals surface area contributed by atoms with Crippen molar-refractivity contribution in [2.45, 2.75) is 71.4 Å². The van der Waals surface area contributed by atoms with Crippen molar-refractivity contribution >= 4 is 17.7 Å². The number of ketones is 1. The lowest BCUT2D eigenvalue weighted by atomic mass is 9.84. The molecule has 0 spiro atoms. The van der Waals surface area contributed by atoms with E-state index >= 15 is 0 Å². The van der Waals surface area contributed by atoms with Gasteiger partial charge >= 0.3 is 11.9 Å². The number of carbonyl (C=O) groups is 3. The van der Waals surface area contributed by atoms with Crippen LogP contribution >= 0.6 is 0 Å². The van der Waals surface area contributed by atoms with Gasteiger partial charge in [0.05, 0.1) is 20.8 Å². The molecule has 3 rings (SSSR count). The number of piperidine rings is 1. The van der Waals surface area contributed by atoms with Crippen molar-refractivity contribution < 1.29 is 38.4 Å². The third kappa shape index (κ3) is 8.95. The van der Waals surface area contributed by atoms with E-state index in [2.05, 4.69) is 0 Å². The van der Waals surface area contributed by atoms with Crippen molar-refractivity contribution in [3.8, 4) is 17.2 Å². The Morgan fingerprint density at radius 2 is 1.80 bits per heavy atom. The molecular weight excluding hydrogens is 526 g/mol. The number of carboxylic acids is 1. The van der Waals surface area contributed by atoms with Gasteiger partial charge in [0.2, 0.25) is 0 Å². The van der Waals surface area contributed by atoms with Gasteiger partial charge in [0.15, 0.2) is 23.9 Å². The van der Waals surface area contributed by atoms with Gasteiger partial charge in [0, 0.05) is 5.41 Å². The summed E-state index contributed by atoms with van der Waals surface area (Å²) in [6.45, 7) is 6.29. The molecule has 1 fully saturated rings. The first kappa shape index (κ1) is 31.9. The van der Waals surface area contributed by atoms with Crippen LogP contribution in [0, 0.1) is 5.41 Å². The van der Waals surface area contributed by atoms with Crippen LogP contribution in [-0.2, 0) is 25.5 Å². The molecule has 0 radical (unpaired) electrons. The van der Waals surface area contributed by atoms with Gasteiger partial charge in [-0.3, -0.25) is 14.5 Å². The number of aryl methyl sites for hydroxylation is 1. The van der Waals surface area contributed by atoms with Gasteiger partial charge in [-0.05, 0) is 74.0 Å². The number of hydrogen-bond donors (Lipinski definition) is 1. The first-order valence-corrected chi connectivity index (χ1v) is 14.2. The van der Waals surface area contributed by atoms with E-state index in [1.165, 1.54) is 0 Å². The van der Waals surface area contributed by atoms with Gasteiger partial charge < -0.3 is 24.1 Å². The Kier molecular flexibility index (Phi) is 11.6. The Balaban J connectivity index is 1.83. The van der Waals surface area contributed by atoms with Gasteiger partial charge in [-0.2, -0.15) is 0 Å². The van der Waals surface area contributed by atoms with Crippen LogP contribution in [0.2, 0.25) is 0 Å². The molecular formula is C32H43NO8. The number of aliphatic carboxylic acids is 1. The monoisotopic (exact) mass is 569 g/mol. The SMILES string of the molecule is CCC(C)(C)C(=O)CN1CCCC[C@H]1C(=O)OC(CCc1ccc(OC)c(OC)c1)c1cccc(OCC(=O)O)c1. The van der Waals surface area contributed by atoms with Crippen LogP contribution < -0.4 is 14.2 Å². The van der Waals surface area contributed by atoms with Crippen molar-refractivity contribution in [3.63, 3.8) is 0 Å². The summed E-state index contributed by atoms with van der Waals surface area (Å²) in [6.07, 6.45) is 3.60. The minimum absolute atomic E-state index is 0.119. The maximum Gasteiger partial charge on any atom is 0.341 e. The summed E-state index contributed by atoms with van der Waals surface area (Å²) in [6, 6.07) is 12.1. The first-order valence-electron chi connectivity index (χ1n) is 14.2. The highest BCUT2D eigenvalue weighted by atomic mass is 16.5. The van der Waals surface area contributed by atoms with Crippen molar-refractivity contribution in [2.75, 3.05) is 33.9 Å². The first-order chi connectivity index (χ1) is 19.6. The number of benzene rings is 2. The maximum atomic E-state index is 13.7. The Morgan fingerprint density at radius 1 is 1.05 bits per heavy atom. The topological polar surface area (TPSA) is 112 Å². The fourth-order valence-electron chi connectivity index (χ4n) is 4.84. The van der Waals surface area contributed by atoms with Crippen LogP contribution in [0.25, 0.3) is 0 Å². The highest BCUT2D eigenvalue weighted by Gasteiger charge is 2.35. The van der Waals surface area contributed by atoms with Crippen molar-refractivity contribution in [2.24, 2.45) is 5.41 Å². The van der Waals surface area contributed by atoms with Crippen molar-refractivity contribution in [1.82, 2.24) is 4.90 Å². The van der Waals surface area contributed by atoms with Crippen LogP contribution in [0.5, 0.6) is 17.2 Å². The third-order valence-corrected chi connectivity index (χ3v) is 7.86. The second kappa shape index (κ2) is 14.9. The molecule has 2 aromatic carbocycles. The summed E-state index contributed by atoms with van der Waals surface area (Å²) in [7, 11) is 3.16. The lowest BCUT2D eigenvalue weighted by molar-refractivity contribution is -0.158. The predicted octanol–water partition coefficient (Wildman–Crippen LogP) is 5.24. The van der Waals surface area contributed by atoms with Crippen LogP contribution in [0.4, 0.5) is 0 Å². The van der Waals surface area contributed by atoms with E-state index in [0.717, 1.165) is 24.8 Å². The second-order valence-corrected chi connectivity index (χ2v) is 11.1. The number of Topliss-reactive ketones (excluding diaryl/α,β-unsaturated/α-hetero) is 1. The molecule has 9 nitrogen and oxygen atoms in total. The fourth-order valence-corrected chi connectivity index (χ4v) is 4.84. The molecule has 0 saturated carbocycles. The number of likely N-dealkylation sites (tertiary alicyclic amines) is 1. The quantitative estimate of drug-likeness (QED) is 0.288. The van der Waals surface area contributed by atoms with Crippen molar-refractivity contribution in [1.29, 1.82) is 0 Å². The summed E-state index contributed by atoms with van der Waals surface area (Å²) >= 11 is 0. The molecule has 1 aliphatic heterocycles. The summed E-state index contributed by atoms with van der Waals surface area (Å²) in [5.41, 5.74) is 1.23.